The largest absolute Gasteiger partial charge is 0.340 e. The van der Waals surface area contributed by atoms with Crippen molar-refractivity contribution in [2.45, 2.75) is 44.4 Å². The van der Waals surface area contributed by atoms with Gasteiger partial charge in [0.25, 0.3) is 0 Å². The van der Waals surface area contributed by atoms with Crippen LogP contribution in [0.25, 0.3) is 11.0 Å². The fourth-order valence-corrected chi connectivity index (χ4v) is 3.18. The molecule has 1 heterocycles. The van der Waals surface area contributed by atoms with E-state index in [1.807, 2.05) is 24.3 Å². The monoisotopic (exact) mass is 281 g/mol. The Labute approximate surface area is 124 Å². The number of H-pyrrole nitrogens is 1. The first kappa shape index (κ1) is 13.8. The summed E-state index contributed by atoms with van der Waals surface area (Å²) in [5.41, 5.74) is 1.67. The molecular weight excluding hydrogens is 262 g/mol. The molecule has 0 amide bonds. The number of nitriles is 1. The fourth-order valence-electron chi connectivity index (χ4n) is 3.18. The van der Waals surface area contributed by atoms with Crippen LogP contribution in [0.15, 0.2) is 24.3 Å². The minimum atomic E-state index is -0.765. The van der Waals surface area contributed by atoms with Gasteiger partial charge in [0.15, 0.2) is 11.7 Å². The number of Topliss-reactive ketones (excluding diaryl/α,β-unsaturated/α-hetero) is 1. The van der Waals surface area contributed by atoms with Crippen molar-refractivity contribution in [2.75, 3.05) is 0 Å². The standard InChI is InChI=1S/C17H19N3O/c18-11-13(16(21)10-9-12-5-1-2-6-12)17-19-14-7-3-4-8-15(14)20-17/h3-4,7-8,12-13H,1-2,5-6,9-10H2,(H,19,20). The van der Waals surface area contributed by atoms with Crippen LogP contribution in [0.5, 0.6) is 0 Å². The molecule has 1 fully saturated rings. The van der Waals surface area contributed by atoms with E-state index < -0.39 is 5.92 Å². The van der Waals surface area contributed by atoms with Crippen LogP contribution < -0.4 is 0 Å². The van der Waals surface area contributed by atoms with E-state index in [2.05, 4.69) is 16.0 Å². The normalized spacial score (nSPS) is 16.9. The predicted molar refractivity (Wildman–Crippen MR) is 80.6 cm³/mol. The zero-order valence-corrected chi connectivity index (χ0v) is 12.0. The molecule has 4 nitrogen and oxygen atoms in total. The van der Waals surface area contributed by atoms with E-state index in [-0.39, 0.29) is 5.78 Å². The molecule has 3 rings (SSSR count). The van der Waals surface area contributed by atoms with Gasteiger partial charge in [-0.05, 0) is 24.5 Å². The van der Waals surface area contributed by atoms with Crippen LogP contribution in [0.4, 0.5) is 0 Å². The third kappa shape index (κ3) is 2.97. The number of hydrogen-bond acceptors (Lipinski definition) is 3. The summed E-state index contributed by atoms with van der Waals surface area (Å²) in [5.74, 6) is 0.376. The predicted octanol–water partition coefficient (Wildman–Crippen LogP) is 3.71. The van der Waals surface area contributed by atoms with E-state index in [4.69, 9.17) is 0 Å². The van der Waals surface area contributed by atoms with Crippen LogP contribution in [-0.2, 0) is 4.79 Å². The van der Waals surface area contributed by atoms with Crippen LogP contribution >= 0.6 is 0 Å². The van der Waals surface area contributed by atoms with Crippen molar-refractivity contribution in [2.24, 2.45) is 5.92 Å². The molecule has 1 N–H and O–H groups in total. The Balaban J connectivity index is 1.71. The van der Waals surface area contributed by atoms with Gasteiger partial charge in [-0.2, -0.15) is 5.26 Å². The Morgan fingerprint density at radius 3 is 2.86 bits per heavy atom. The number of aromatic amines is 1. The lowest BCUT2D eigenvalue weighted by Gasteiger charge is -2.09. The second-order valence-electron chi connectivity index (χ2n) is 5.86. The Kier molecular flexibility index (Phi) is 4.01. The van der Waals surface area contributed by atoms with E-state index >= 15 is 0 Å². The molecule has 108 valence electrons. The number of carbonyl (C=O) groups is 1. The lowest BCUT2D eigenvalue weighted by molar-refractivity contribution is -0.119. The van der Waals surface area contributed by atoms with Gasteiger partial charge >= 0.3 is 0 Å². The molecule has 1 unspecified atom stereocenters. The third-order valence-corrected chi connectivity index (χ3v) is 4.41. The smallest absolute Gasteiger partial charge is 0.162 e. The van der Waals surface area contributed by atoms with Crippen molar-refractivity contribution in [1.29, 1.82) is 5.26 Å². The van der Waals surface area contributed by atoms with E-state index in [0.717, 1.165) is 17.5 Å². The summed E-state index contributed by atoms with van der Waals surface area (Å²) in [5, 5.41) is 9.34. The number of hydrogen-bond donors (Lipinski definition) is 1. The Bertz CT molecular complexity index is 644. The number of benzene rings is 1. The van der Waals surface area contributed by atoms with Crippen LogP contribution in [0.2, 0.25) is 0 Å². The van der Waals surface area contributed by atoms with Gasteiger partial charge in [-0.15, -0.1) is 0 Å². The molecule has 1 atom stereocenters. The van der Waals surface area contributed by atoms with E-state index in [9.17, 15) is 10.1 Å². The SMILES string of the molecule is N#CC(C(=O)CCC1CCCC1)c1nc2ccccc2[nH]1. The van der Waals surface area contributed by atoms with Crippen LogP contribution in [0, 0.1) is 17.2 Å². The van der Waals surface area contributed by atoms with E-state index in [1.165, 1.54) is 25.7 Å². The van der Waals surface area contributed by atoms with Crippen molar-refractivity contribution < 1.29 is 4.79 Å². The third-order valence-electron chi connectivity index (χ3n) is 4.41. The highest BCUT2D eigenvalue weighted by Gasteiger charge is 2.25. The Morgan fingerprint density at radius 1 is 1.38 bits per heavy atom. The van der Waals surface area contributed by atoms with Crippen molar-refractivity contribution in [1.82, 2.24) is 9.97 Å². The number of aromatic nitrogens is 2. The van der Waals surface area contributed by atoms with Gasteiger partial charge in [0, 0.05) is 6.42 Å². The molecule has 0 radical (unpaired) electrons. The molecule has 1 saturated carbocycles. The van der Waals surface area contributed by atoms with Gasteiger partial charge in [-0.3, -0.25) is 4.79 Å². The van der Waals surface area contributed by atoms with Crippen LogP contribution in [0.3, 0.4) is 0 Å². The summed E-state index contributed by atoms with van der Waals surface area (Å²) in [7, 11) is 0. The van der Waals surface area contributed by atoms with Crippen molar-refractivity contribution in [3.63, 3.8) is 0 Å². The van der Waals surface area contributed by atoms with E-state index in [1.54, 1.807) is 0 Å². The Morgan fingerprint density at radius 2 is 2.14 bits per heavy atom. The van der Waals surface area contributed by atoms with Gasteiger partial charge in [0.05, 0.1) is 17.1 Å². The topological polar surface area (TPSA) is 69.5 Å². The second-order valence-corrected chi connectivity index (χ2v) is 5.86. The average molecular weight is 281 g/mol. The molecule has 1 aliphatic carbocycles. The molecule has 1 aliphatic rings. The first-order valence-corrected chi connectivity index (χ1v) is 7.65. The van der Waals surface area contributed by atoms with Gasteiger partial charge in [0.1, 0.15) is 5.82 Å². The maximum absolute atomic E-state index is 12.3. The molecule has 1 aromatic heterocycles. The molecule has 0 bridgehead atoms. The zero-order valence-electron chi connectivity index (χ0n) is 12.0. The highest BCUT2D eigenvalue weighted by atomic mass is 16.1. The molecule has 0 saturated heterocycles. The first-order chi connectivity index (χ1) is 10.3. The molecule has 1 aromatic carbocycles. The fraction of sp³-hybridized carbons (Fsp3) is 0.471. The zero-order chi connectivity index (χ0) is 14.7. The second kappa shape index (κ2) is 6.09. The van der Waals surface area contributed by atoms with Gasteiger partial charge in [-0.1, -0.05) is 37.8 Å². The minimum absolute atomic E-state index is 0.0107. The number of nitrogens with zero attached hydrogens (tertiary/aromatic N) is 2. The molecule has 21 heavy (non-hydrogen) atoms. The Hall–Kier alpha value is -2.15. The summed E-state index contributed by atoms with van der Waals surface area (Å²) in [6, 6.07) is 9.71. The summed E-state index contributed by atoms with van der Waals surface area (Å²) < 4.78 is 0. The van der Waals surface area contributed by atoms with Gasteiger partial charge in [-0.25, -0.2) is 4.98 Å². The quantitative estimate of drug-likeness (QED) is 0.908. The molecular formula is C17H19N3O. The first-order valence-electron chi connectivity index (χ1n) is 7.65. The number of ketones is 1. The maximum Gasteiger partial charge on any atom is 0.162 e. The summed E-state index contributed by atoms with van der Waals surface area (Å²) in [4.78, 5) is 19.8. The molecule has 0 spiro atoms. The van der Waals surface area contributed by atoms with Gasteiger partial charge in [0.2, 0.25) is 0 Å². The minimum Gasteiger partial charge on any atom is -0.340 e. The summed E-state index contributed by atoms with van der Waals surface area (Å²) in [6.07, 6.45) is 6.43. The molecule has 2 aromatic rings. The number of fused-ring (bicyclic) bond motifs is 1. The van der Waals surface area contributed by atoms with Crippen LogP contribution in [0.1, 0.15) is 50.3 Å². The molecule has 0 aliphatic heterocycles. The lowest BCUT2D eigenvalue weighted by atomic mass is 9.95. The van der Waals surface area contributed by atoms with Crippen molar-refractivity contribution in [3.05, 3.63) is 30.1 Å². The number of para-hydroxylation sites is 2. The van der Waals surface area contributed by atoms with Crippen molar-refractivity contribution >= 4 is 16.8 Å². The van der Waals surface area contributed by atoms with Crippen LogP contribution in [-0.4, -0.2) is 15.8 Å². The van der Waals surface area contributed by atoms with E-state index in [0.29, 0.717) is 18.2 Å². The number of imidazole rings is 1. The molecule has 4 heteroatoms. The maximum atomic E-state index is 12.3. The number of carbonyl (C=O) groups excluding carboxylic acids is 1. The number of rotatable bonds is 5. The highest BCUT2D eigenvalue weighted by molar-refractivity contribution is 5.88. The lowest BCUT2D eigenvalue weighted by Crippen LogP contribution is -2.13. The van der Waals surface area contributed by atoms with Crippen molar-refractivity contribution in [3.8, 4) is 6.07 Å². The van der Waals surface area contributed by atoms with Gasteiger partial charge < -0.3 is 4.98 Å². The average Bonchev–Trinajstić information content (AvgIpc) is 3.15. The highest BCUT2D eigenvalue weighted by Crippen LogP contribution is 2.29. The summed E-state index contributed by atoms with van der Waals surface area (Å²) >= 11 is 0. The number of nitrogens with one attached hydrogen (secondary N) is 1. The summed E-state index contributed by atoms with van der Waals surface area (Å²) in [6.45, 7) is 0.